The van der Waals surface area contributed by atoms with E-state index in [1.807, 2.05) is 0 Å². The first-order valence-electron chi connectivity index (χ1n) is 5.17. The van der Waals surface area contributed by atoms with Gasteiger partial charge in [0.05, 0.1) is 6.54 Å². The summed E-state index contributed by atoms with van der Waals surface area (Å²) in [6.07, 6.45) is 1.39. The molecular weight excluding hydrogens is 226 g/mol. The zero-order chi connectivity index (χ0) is 12.8. The van der Waals surface area contributed by atoms with E-state index in [1.165, 1.54) is 6.26 Å². The number of carbonyl (C=O) groups is 2. The van der Waals surface area contributed by atoms with Gasteiger partial charge in [0.2, 0.25) is 0 Å². The molecule has 1 atom stereocenters. The fraction of sp³-hybridized carbons (Fsp3) is 0.500. The maximum absolute atomic E-state index is 11.4. The normalized spacial score (nSPS) is 12.2. The van der Waals surface area contributed by atoms with Gasteiger partial charge in [0.25, 0.3) is 0 Å². The number of aliphatic carboxylic acids is 1. The summed E-state index contributed by atoms with van der Waals surface area (Å²) in [6.45, 7) is 3.63. The highest BCUT2D eigenvalue weighted by Gasteiger charge is 2.23. The molecule has 0 aliphatic heterocycles. The molecule has 1 rings (SSSR count). The van der Waals surface area contributed by atoms with Gasteiger partial charge in [-0.3, -0.25) is 0 Å². The van der Waals surface area contributed by atoms with Gasteiger partial charge >= 0.3 is 12.0 Å². The van der Waals surface area contributed by atoms with Crippen LogP contribution in [-0.4, -0.2) is 28.3 Å². The van der Waals surface area contributed by atoms with E-state index in [2.05, 4.69) is 20.3 Å². The second kappa shape index (κ2) is 5.88. The monoisotopic (exact) mass is 241 g/mol. The van der Waals surface area contributed by atoms with Crippen molar-refractivity contribution in [2.75, 3.05) is 0 Å². The first-order chi connectivity index (χ1) is 8.00. The van der Waals surface area contributed by atoms with Crippen LogP contribution in [-0.2, 0) is 11.3 Å². The number of nitrogens with one attached hydrogen (secondary N) is 2. The molecule has 1 aromatic heterocycles. The van der Waals surface area contributed by atoms with Crippen LogP contribution < -0.4 is 10.6 Å². The molecule has 0 bridgehead atoms. The lowest BCUT2D eigenvalue weighted by molar-refractivity contribution is -0.140. The number of urea groups is 1. The number of hydrogen-bond acceptors (Lipinski definition) is 4. The summed E-state index contributed by atoms with van der Waals surface area (Å²) in [5.41, 5.74) is 0.566. The summed E-state index contributed by atoms with van der Waals surface area (Å²) < 4.78 is 4.59. The van der Waals surface area contributed by atoms with E-state index >= 15 is 0 Å². The summed E-state index contributed by atoms with van der Waals surface area (Å²) >= 11 is 0. The van der Waals surface area contributed by atoms with Gasteiger partial charge in [0, 0.05) is 6.07 Å². The van der Waals surface area contributed by atoms with Crippen LogP contribution >= 0.6 is 0 Å². The minimum absolute atomic E-state index is 0.187. The van der Waals surface area contributed by atoms with Crippen LogP contribution in [0.15, 0.2) is 16.9 Å². The van der Waals surface area contributed by atoms with E-state index in [1.54, 1.807) is 19.9 Å². The van der Waals surface area contributed by atoms with Crippen LogP contribution in [0.1, 0.15) is 19.5 Å². The van der Waals surface area contributed by atoms with Crippen LogP contribution in [0.5, 0.6) is 0 Å². The summed E-state index contributed by atoms with van der Waals surface area (Å²) in [6, 6.07) is 0.152. The minimum Gasteiger partial charge on any atom is -0.480 e. The zero-order valence-corrected chi connectivity index (χ0v) is 9.64. The SMILES string of the molecule is CC(C)[C@H](NC(=O)NCc1ccon1)C(=O)O. The molecule has 0 saturated carbocycles. The Balaban J connectivity index is 2.40. The second-order valence-corrected chi connectivity index (χ2v) is 3.88. The predicted molar refractivity (Wildman–Crippen MR) is 58.1 cm³/mol. The molecule has 0 aromatic carbocycles. The van der Waals surface area contributed by atoms with Crippen molar-refractivity contribution in [1.29, 1.82) is 0 Å². The molecule has 94 valence electrons. The molecule has 0 unspecified atom stereocenters. The van der Waals surface area contributed by atoms with Crippen molar-refractivity contribution in [3.05, 3.63) is 18.0 Å². The number of carbonyl (C=O) groups excluding carboxylic acids is 1. The third-order valence-corrected chi connectivity index (χ3v) is 2.14. The lowest BCUT2D eigenvalue weighted by atomic mass is 10.1. The van der Waals surface area contributed by atoms with Crippen molar-refractivity contribution in [1.82, 2.24) is 15.8 Å². The van der Waals surface area contributed by atoms with Gasteiger partial charge in [-0.15, -0.1) is 0 Å². The number of amides is 2. The molecule has 2 amide bonds. The smallest absolute Gasteiger partial charge is 0.326 e. The fourth-order valence-corrected chi connectivity index (χ4v) is 1.21. The highest BCUT2D eigenvalue weighted by Crippen LogP contribution is 2.01. The van der Waals surface area contributed by atoms with Crippen molar-refractivity contribution in [3.8, 4) is 0 Å². The number of carboxylic acid groups (broad SMARTS) is 1. The van der Waals surface area contributed by atoms with E-state index in [0.717, 1.165) is 0 Å². The molecule has 0 aliphatic rings. The van der Waals surface area contributed by atoms with Gasteiger partial charge in [-0.25, -0.2) is 9.59 Å². The Labute approximate surface area is 98.2 Å². The molecule has 7 heteroatoms. The number of hydrogen-bond donors (Lipinski definition) is 3. The van der Waals surface area contributed by atoms with E-state index in [-0.39, 0.29) is 12.5 Å². The first kappa shape index (κ1) is 13.0. The Morgan fingerprint density at radius 3 is 2.71 bits per heavy atom. The van der Waals surface area contributed by atoms with Gasteiger partial charge in [-0.05, 0) is 5.92 Å². The zero-order valence-electron chi connectivity index (χ0n) is 9.64. The Kier molecular flexibility index (Phi) is 4.50. The Morgan fingerprint density at radius 2 is 2.24 bits per heavy atom. The summed E-state index contributed by atoms with van der Waals surface area (Å²) in [5, 5.41) is 17.3. The van der Waals surface area contributed by atoms with Gasteiger partial charge in [0.1, 0.15) is 18.0 Å². The molecule has 0 spiro atoms. The van der Waals surface area contributed by atoms with Gasteiger partial charge < -0.3 is 20.3 Å². The van der Waals surface area contributed by atoms with E-state index < -0.39 is 18.0 Å². The highest BCUT2D eigenvalue weighted by molar-refractivity contribution is 5.82. The second-order valence-electron chi connectivity index (χ2n) is 3.88. The minimum atomic E-state index is -1.06. The molecule has 0 radical (unpaired) electrons. The van der Waals surface area contributed by atoms with Crippen LogP contribution in [0.25, 0.3) is 0 Å². The van der Waals surface area contributed by atoms with E-state index in [4.69, 9.17) is 5.11 Å². The topological polar surface area (TPSA) is 104 Å². The van der Waals surface area contributed by atoms with Crippen LogP contribution in [0, 0.1) is 5.92 Å². The molecule has 3 N–H and O–H groups in total. The van der Waals surface area contributed by atoms with E-state index in [9.17, 15) is 9.59 Å². The summed E-state index contributed by atoms with van der Waals surface area (Å²) in [4.78, 5) is 22.3. The highest BCUT2D eigenvalue weighted by atomic mass is 16.5. The number of nitrogens with zero attached hydrogens (tertiary/aromatic N) is 1. The molecule has 17 heavy (non-hydrogen) atoms. The summed E-state index contributed by atoms with van der Waals surface area (Å²) in [7, 11) is 0. The molecule has 1 aromatic rings. The maximum atomic E-state index is 11.4. The molecule has 0 fully saturated rings. The first-order valence-corrected chi connectivity index (χ1v) is 5.17. The van der Waals surface area contributed by atoms with Gasteiger partial charge in [-0.2, -0.15) is 0 Å². The number of aromatic nitrogens is 1. The average Bonchev–Trinajstić information content (AvgIpc) is 2.74. The Morgan fingerprint density at radius 1 is 1.53 bits per heavy atom. The largest absolute Gasteiger partial charge is 0.480 e. The van der Waals surface area contributed by atoms with Crippen LogP contribution in [0.3, 0.4) is 0 Å². The van der Waals surface area contributed by atoms with Crippen molar-refractivity contribution >= 4 is 12.0 Å². The molecule has 0 aliphatic carbocycles. The standard InChI is InChI=1S/C10H15N3O4/c1-6(2)8(9(14)15)12-10(16)11-5-7-3-4-17-13-7/h3-4,6,8H,5H2,1-2H3,(H,14,15)(H2,11,12,16)/t8-/m0/s1. The Hall–Kier alpha value is -2.05. The Bertz CT molecular complexity index is 375. The average molecular weight is 241 g/mol. The molecular formula is C10H15N3O4. The van der Waals surface area contributed by atoms with Crippen molar-refractivity contribution < 1.29 is 19.2 Å². The van der Waals surface area contributed by atoms with Crippen LogP contribution in [0.4, 0.5) is 4.79 Å². The molecule has 0 saturated heterocycles. The lowest BCUT2D eigenvalue weighted by Crippen LogP contribution is -2.48. The van der Waals surface area contributed by atoms with Crippen molar-refractivity contribution in [2.24, 2.45) is 5.92 Å². The van der Waals surface area contributed by atoms with E-state index in [0.29, 0.717) is 5.69 Å². The van der Waals surface area contributed by atoms with Crippen LogP contribution in [0.2, 0.25) is 0 Å². The lowest BCUT2D eigenvalue weighted by Gasteiger charge is -2.17. The third-order valence-electron chi connectivity index (χ3n) is 2.14. The van der Waals surface area contributed by atoms with Crippen molar-refractivity contribution in [3.63, 3.8) is 0 Å². The quantitative estimate of drug-likeness (QED) is 0.699. The molecule has 7 nitrogen and oxygen atoms in total. The fourth-order valence-electron chi connectivity index (χ4n) is 1.21. The predicted octanol–water partition coefficient (Wildman–Crippen LogP) is 0.583. The molecule has 1 heterocycles. The number of rotatable bonds is 5. The van der Waals surface area contributed by atoms with Crippen molar-refractivity contribution in [2.45, 2.75) is 26.4 Å². The maximum Gasteiger partial charge on any atom is 0.326 e. The van der Waals surface area contributed by atoms with Gasteiger partial charge in [0.15, 0.2) is 0 Å². The number of carboxylic acids is 1. The third kappa shape index (κ3) is 4.13. The van der Waals surface area contributed by atoms with Gasteiger partial charge in [-0.1, -0.05) is 19.0 Å². The summed E-state index contributed by atoms with van der Waals surface area (Å²) in [5.74, 6) is -1.25.